The molecule has 21 heavy (non-hydrogen) atoms. The molecule has 0 saturated heterocycles. The second-order valence-corrected chi connectivity index (χ2v) is 5.75. The Morgan fingerprint density at radius 2 is 1.76 bits per heavy atom. The molecule has 110 valence electrons. The summed E-state index contributed by atoms with van der Waals surface area (Å²) >= 11 is 6.65. The van der Waals surface area contributed by atoms with Crippen LogP contribution < -0.4 is 10.1 Å². The van der Waals surface area contributed by atoms with Crippen LogP contribution in [0, 0.1) is 0 Å². The first kappa shape index (κ1) is 15.9. The van der Waals surface area contributed by atoms with Gasteiger partial charge in [-0.25, -0.2) is 0 Å². The lowest BCUT2D eigenvalue weighted by Crippen LogP contribution is -2.12. The predicted molar refractivity (Wildman–Crippen MR) is 82.9 cm³/mol. The normalized spacial score (nSPS) is 10.5. The van der Waals surface area contributed by atoms with Crippen LogP contribution in [0.25, 0.3) is 0 Å². The topological polar surface area (TPSA) is 38.3 Å². The quantitative estimate of drug-likeness (QED) is 0.750. The van der Waals surface area contributed by atoms with E-state index in [0.29, 0.717) is 11.3 Å². The van der Waals surface area contributed by atoms with Gasteiger partial charge in [-0.1, -0.05) is 15.9 Å². The van der Waals surface area contributed by atoms with Gasteiger partial charge < -0.3 is 10.1 Å². The fraction of sp³-hybridized carbons (Fsp3) is 0.0714. The van der Waals surface area contributed by atoms with Crippen LogP contribution in [0.5, 0.6) is 5.75 Å². The lowest BCUT2D eigenvalue weighted by Gasteiger charge is -2.09. The average Bonchev–Trinajstić information content (AvgIpc) is 2.43. The van der Waals surface area contributed by atoms with Gasteiger partial charge in [0.1, 0.15) is 5.75 Å². The number of amides is 1. The summed E-state index contributed by atoms with van der Waals surface area (Å²) in [6.07, 6.45) is 0. The summed E-state index contributed by atoms with van der Waals surface area (Å²) in [6, 6.07) is 10.8. The van der Waals surface area contributed by atoms with Crippen LogP contribution in [0.1, 0.15) is 10.4 Å². The van der Waals surface area contributed by atoms with E-state index in [2.05, 4.69) is 41.9 Å². The Morgan fingerprint density at radius 3 is 2.38 bits per heavy atom. The fourth-order valence-electron chi connectivity index (χ4n) is 1.58. The molecule has 0 saturated carbocycles. The maximum absolute atomic E-state index is 12.1. The van der Waals surface area contributed by atoms with Gasteiger partial charge in [0.2, 0.25) is 0 Å². The third-order valence-electron chi connectivity index (χ3n) is 2.52. The molecule has 7 heteroatoms. The highest BCUT2D eigenvalue weighted by Gasteiger charge is 2.10. The monoisotopic (exact) mass is 419 g/mol. The van der Waals surface area contributed by atoms with Crippen molar-refractivity contribution >= 4 is 43.5 Å². The molecule has 0 unspecified atom stereocenters. The smallest absolute Gasteiger partial charge is 0.387 e. The first-order valence-corrected chi connectivity index (χ1v) is 7.35. The molecule has 2 aromatic carbocycles. The number of carbonyl (C=O) groups excluding carboxylic acids is 1. The van der Waals surface area contributed by atoms with Gasteiger partial charge in [-0.15, -0.1) is 0 Å². The summed E-state index contributed by atoms with van der Waals surface area (Å²) < 4.78 is 29.9. The number of benzene rings is 2. The van der Waals surface area contributed by atoms with Crippen molar-refractivity contribution in [3.05, 3.63) is 57.0 Å². The van der Waals surface area contributed by atoms with Crippen molar-refractivity contribution in [2.75, 3.05) is 5.32 Å². The molecule has 0 aromatic heterocycles. The van der Waals surface area contributed by atoms with E-state index >= 15 is 0 Å². The molecule has 3 nitrogen and oxygen atoms in total. The Kier molecular flexibility index (Phi) is 5.30. The zero-order valence-corrected chi connectivity index (χ0v) is 13.6. The number of anilines is 1. The van der Waals surface area contributed by atoms with Gasteiger partial charge in [-0.05, 0) is 58.4 Å². The zero-order chi connectivity index (χ0) is 15.4. The van der Waals surface area contributed by atoms with Gasteiger partial charge in [0.25, 0.3) is 5.91 Å². The molecule has 1 amide bonds. The van der Waals surface area contributed by atoms with Crippen LogP contribution in [-0.4, -0.2) is 12.5 Å². The minimum Gasteiger partial charge on any atom is -0.435 e. The molecule has 0 fully saturated rings. The molecule has 0 aliphatic carbocycles. The maximum Gasteiger partial charge on any atom is 0.387 e. The number of alkyl halides is 2. The van der Waals surface area contributed by atoms with Crippen molar-refractivity contribution < 1.29 is 18.3 Å². The van der Waals surface area contributed by atoms with Crippen LogP contribution in [0.3, 0.4) is 0 Å². The molecule has 2 aromatic rings. The first-order chi connectivity index (χ1) is 9.95. The van der Waals surface area contributed by atoms with E-state index in [1.807, 2.05) is 6.07 Å². The highest BCUT2D eigenvalue weighted by molar-refractivity contribution is 9.11. The number of rotatable bonds is 4. The largest absolute Gasteiger partial charge is 0.435 e. The van der Waals surface area contributed by atoms with Gasteiger partial charge in [0.05, 0.1) is 5.69 Å². The van der Waals surface area contributed by atoms with Crippen LogP contribution in [0.15, 0.2) is 51.4 Å². The van der Waals surface area contributed by atoms with Crippen molar-refractivity contribution in [3.63, 3.8) is 0 Å². The SMILES string of the molecule is O=C(Nc1cc(Br)ccc1Br)c1ccc(OC(F)F)cc1. The van der Waals surface area contributed by atoms with Crippen LogP contribution in [-0.2, 0) is 0 Å². The van der Waals surface area contributed by atoms with Crippen molar-refractivity contribution in [2.45, 2.75) is 6.61 Å². The van der Waals surface area contributed by atoms with Gasteiger partial charge in [0, 0.05) is 14.5 Å². The number of carbonyl (C=O) groups is 1. The third kappa shape index (κ3) is 4.50. The van der Waals surface area contributed by atoms with Crippen LogP contribution in [0.4, 0.5) is 14.5 Å². The molecule has 0 aliphatic rings. The van der Waals surface area contributed by atoms with E-state index in [-0.39, 0.29) is 11.7 Å². The van der Waals surface area contributed by atoms with E-state index in [0.717, 1.165) is 8.95 Å². The number of ether oxygens (including phenoxy) is 1. The summed E-state index contributed by atoms with van der Waals surface area (Å²) in [5.41, 5.74) is 0.936. The van der Waals surface area contributed by atoms with Crippen molar-refractivity contribution in [3.8, 4) is 5.75 Å². The molecule has 1 N–H and O–H groups in total. The molecule has 0 radical (unpaired) electrons. The molecule has 0 atom stereocenters. The maximum atomic E-state index is 12.1. The van der Waals surface area contributed by atoms with E-state index in [1.165, 1.54) is 24.3 Å². The average molecular weight is 421 g/mol. The van der Waals surface area contributed by atoms with E-state index < -0.39 is 6.61 Å². The van der Waals surface area contributed by atoms with Crippen molar-refractivity contribution in [1.29, 1.82) is 0 Å². The summed E-state index contributed by atoms with van der Waals surface area (Å²) in [4.78, 5) is 12.1. The first-order valence-electron chi connectivity index (χ1n) is 5.77. The Morgan fingerprint density at radius 1 is 1.10 bits per heavy atom. The number of halogens is 4. The van der Waals surface area contributed by atoms with Crippen LogP contribution >= 0.6 is 31.9 Å². The van der Waals surface area contributed by atoms with E-state index in [1.54, 1.807) is 12.1 Å². The molecular weight excluding hydrogens is 412 g/mol. The van der Waals surface area contributed by atoms with Gasteiger partial charge in [-0.2, -0.15) is 8.78 Å². The minimum absolute atomic E-state index is 0.00480. The number of nitrogens with one attached hydrogen (secondary N) is 1. The summed E-state index contributed by atoms with van der Waals surface area (Å²) in [6.45, 7) is -2.89. The second kappa shape index (κ2) is 7.00. The lowest BCUT2D eigenvalue weighted by atomic mass is 10.2. The molecular formula is C14H9Br2F2NO2. The molecule has 2 rings (SSSR count). The minimum atomic E-state index is -2.89. The number of hydrogen-bond acceptors (Lipinski definition) is 2. The molecule has 0 aliphatic heterocycles. The Balaban J connectivity index is 2.11. The van der Waals surface area contributed by atoms with Crippen molar-refractivity contribution in [1.82, 2.24) is 0 Å². The Bertz CT molecular complexity index is 648. The summed E-state index contributed by atoms with van der Waals surface area (Å²) in [7, 11) is 0. The molecule has 0 spiro atoms. The van der Waals surface area contributed by atoms with Gasteiger partial charge in [-0.3, -0.25) is 4.79 Å². The zero-order valence-electron chi connectivity index (χ0n) is 10.4. The highest BCUT2D eigenvalue weighted by atomic mass is 79.9. The van der Waals surface area contributed by atoms with Crippen molar-refractivity contribution in [2.24, 2.45) is 0 Å². The van der Waals surface area contributed by atoms with Crippen LogP contribution in [0.2, 0.25) is 0 Å². The third-order valence-corrected chi connectivity index (χ3v) is 3.70. The predicted octanol–water partition coefficient (Wildman–Crippen LogP) is 5.07. The Hall–Kier alpha value is -1.47. The molecule has 0 bridgehead atoms. The number of hydrogen-bond donors (Lipinski definition) is 1. The standard InChI is InChI=1S/C14H9Br2F2NO2/c15-9-3-6-11(16)12(7-9)19-13(20)8-1-4-10(5-2-8)21-14(17)18/h1-7,14H,(H,19,20). The summed E-state index contributed by atoms with van der Waals surface area (Å²) in [5, 5.41) is 2.72. The Labute approximate surface area is 136 Å². The van der Waals surface area contributed by atoms with Gasteiger partial charge >= 0.3 is 6.61 Å². The van der Waals surface area contributed by atoms with Gasteiger partial charge in [0.15, 0.2) is 0 Å². The lowest BCUT2D eigenvalue weighted by molar-refractivity contribution is -0.0498. The summed E-state index contributed by atoms with van der Waals surface area (Å²) in [5.74, 6) is -0.345. The highest BCUT2D eigenvalue weighted by Crippen LogP contribution is 2.26. The molecule has 0 heterocycles. The van der Waals surface area contributed by atoms with E-state index in [4.69, 9.17) is 0 Å². The second-order valence-electron chi connectivity index (χ2n) is 3.98. The fourth-order valence-corrected chi connectivity index (χ4v) is 2.28. The van der Waals surface area contributed by atoms with E-state index in [9.17, 15) is 13.6 Å².